The molecule has 0 bridgehead atoms. The highest BCUT2D eigenvalue weighted by Crippen LogP contribution is 2.25. The molecule has 2 amide bonds. The smallest absolute Gasteiger partial charge is 0.243 e. The zero-order valence-corrected chi connectivity index (χ0v) is 24.8. The Bertz CT molecular complexity index is 1210. The van der Waals surface area contributed by atoms with E-state index in [1.807, 2.05) is 36.4 Å². The molecule has 1 atom stereocenters. The Labute approximate surface area is 241 Å². The molecule has 0 radical (unpaired) electrons. The lowest BCUT2D eigenvalue weighted by molar-refractivity contribution is -0.139. The van der Waals surface area contributed by atoms with E-state index in [0.29, 0.717) is 28.9 Å². The molecule has 7 heteroatoms. The van der Waals surface area contributed by atoms with Crippen LogP contribution in [0.4, 0.5) is 0 Å². The van der Waals surface area contributed by atoms with E-state index in [1.165, 1.54) is 16.7 Å². The Morgan fingerprint density at radius 3 is 2.18 bits per heavy atom. The van der Waals surface area contributed by atoms with Crippen molar-refractivity contribution >= 4 is 46.8 Å². The third-order valence-corrected chi connectivity index (χ3v) is 7.80. The number of amides is 2. The van der Waals surface area contributed by atoms with Crippen LogP contribution in [0.15, 0.2) is 66.7 Å². The summed E-state index contributed by atoms with van der Waals surface area (Å²) in [7, 11) is 0. The predicted octanol–water partition coefficient (Wildman–Crippen LogP) is 7.26. The Morgan fingerprint density at radius 2 is 1.55 bits per heavy atom. The van der Waals surface area contributed by atoms with E-state index in [1.54, 1.807) is 28.8 Å². The summed E-state index contributed by atoms with van der Waals surface area (Å²) in [6.45, 7) is 9.06. The van der Waals surface area contributed by atoms with Gasteiger partial charge < -0.3 is 10.2 Å². The van der Waals surface area contributed by atoms with Gasteiger partial charge in [0.2, 0.25) is 11.8 Å². The van der Waals surface area contributed by atoms with Crippen LogP contribution in [0, 0.1) is 19.8 Å². The van der Waals surface area contributed by atoms with Crippen LogP contribution in [0.5, 0.6) is 0 Å². The van der Waals surface area contributed by atoms with Crippen molar-refractivity contribution in [3.63, 3.8) is 0 Å². The lowest BCUT2D eigenvalue weighted by Gasteiger charge is -2.32. The number of carbonyl (C=O) groups is 2. The van der Waals surface area contributed by atoms with E-state index >= 15 is 0 Å². The number of hydrogen-bond donors (Lipinski definition) is 1. The standard InChI is InChI=1S/C31H36Cl2N2O2S/c1-21(2)17-34-31(37)29(16-24-8-6-5-7-9-24)35(18-25-10-11-27(32)28(33)15-25)30(36)20-38-19-26-13-22(3)12-23(4)14-26/h5-15,21,29H,16-20H2,1-4H3,(H,34,37). The number of nitrogens with zero attached hydrogens (tertiary/aromatic N) is 1. The summed E-state index contributed by atoms with van der Waals surface area (Å²) in [6, 6.07) is 20.9. The fourth-order valence-corrected chi connectivity index (χ4v) is 5.47. The number of carbonyl (C=O) groups excluding carboxylic acids is 2. The average molecular weight is 572 g/mol. The molecule has 0 aliphatic rings. The number of rotatable bonds is 12. The first-order valence-electron chi connectivity index (χ1n) is 12.8. The van der Waals surface area contributed by atoms with Gasteiger partial charge in [-0.15, -0.1) is 11.8 Å². The summed E-state index contributed by atoms with van der Waals surface area (Å²) in [5, 5.41) is 3.92. The van der Waals surface area contributed by atoms with Crippen molar-refractivity contribution in [3.8, 4) is 0 Å². The molecular formula is C31H36Cl2N2O2S. The van der Waals surface area contributed by atoms with Crippen molar-refractivity contribution in [2.45, 2.75) is 52.5 Å². The first-order chi connectivity index (χ1) is 18.1. The highest BCUT2D eigenvalue weighted by molar-refractivity contribution is 7.99. The van der Waals surface area contributed by atoms with Crippen molar-refractivity contribution in [1.29, 1.82) is 0 Å². The number of hydrogen-bond acceptors (Lipinski definition) is 3. The minimum Gasteiger partial charge on any atom is -0.354 e. The molecule has 4 nitrogen and oxygen atoms in total. The van der Waals surface area contributed by atoms with E-state index < -0.39 is 6.04 Å². The fourth-order valence-electron chi connectivity index (χ4n) is 4.30. The van der Waals surface area contributed by atoms with Gasteiger partial charge in [0, 0.05) is 25.3 Å². The zero-order valence-electron chi connectivity index (χ0n) is 22.5. The number of benzene rings is 3. The molecule has 1 unspecified atom stereocenters. The van der Waals surface area contributed by atoms with Crippen molar-refractivity contribution in [1.82, 2.24) is 10.2 Å². The molecule has 0 aliphatic heterocycles. The maximum absolute atomic E-state index is 13.8. The van der Waals surface area contributed by atoms with Crippen LogP contribution in [0.1, 0.15) is 41.7 Å². The minimum atomic E-state index is -0.667. The Balaban J connectivity index is 1.87. The van der Waals surface area contributed by atoms with Gasteiger partial charge in [-0.05, 0) is 48.6 Å². The van der Waals surface area contributed by atoms with Gasteiger partial charge in [-0.2, -0.15) is 0 Å². The molecule has 0 saturated heterocycles. The third kappa shape index (κ3) is 9.37. The highest BCUT2D eigenvalue weighted by atomic mass is 35.5. The summed E-state index contributed by atoms with van der Waals surface area (Å²) < 4.78 is 0. The average Bonchev–Trinajstić information content (AvgIpc) is 2.86. The lowest BCUT2D eigenvalue weighted by atomic mass is 10.0. The van der Waals surface area contributed by atoms with Gasteiger partial charge in [-0.3, -0.25) is 9.59 Å². The highest BCUT2D eigenvalue weighted by Gasteiger charge is 2.30. The first-order valence-corrected chi connectivity index (χ1v) is 14.7. The topological polar surface area (TPSA) is 49.4 Å². The summed E-state index contributed by atoms with van der Waals surface area (Å²) in [5.74, 6) is 1.03. The largest absolute Gasteiger partial charge is 0.354 e. The molecule has 1 N–H and O–H groups in total. The predicted molar refractivity (Wildman–Crippen MR) is 161 cm³/mol. The number of halogens is 2. The second-order valence-electron chi connectivity index (χ2n) is 10.1. The van der Waals surface area contributed by atoms with Crippen molar-refractivity contribution < 1.29 is 9.59 Å². The van der Waals surface area contributed by atoms with Gasteiger partial charge in [0.1, 0.15) is 6.04 Å². The molecule has 202 valence electrons. The fraction of sp³-hybridized carbons (Fsp3) is 0.355. The van der Waals surface area contributed by atoms with E-state index in [9.17, 15) is 9.59 Å². The Hall–Kier alpha value is -2.47. The van der Waals surface area contributed by atoms with Gasteiger partial charge in [-0.25, -0.2) is 0 Å². The van der Waals surface area contributed by atoms with Crippen molar-refractivity contribution in [3.05, 3.63) is 105 Å². The molecule has 0 saturated carbocycles. The molecule has 3 aromatic carbocycles. The normalized spacial score (nSPS) is 11.9. The number of nitrogens with one attached hydrogen (secondary N) is 1. The summed E-state index contributed by atoms with van der Waals surface area (Å²) in [5.41, 5.74) is 5.41. The summed E-state index contributed by atoms with van der Waals surface area (Å²) in [6.07, 6.45) is 0.416. The van der Waals surface area contributed by atoms with Crippen LogP contribution in [-0.2, 0) is 28.3 Å². The van der Waals surface area contributed by atoms with E-state index in [-0.39, 0.29) is 24.1 Å². The van der Waals surface area contributed by atoms with E-state index in [4.69, 9.17) is 23.2 Å². The van der Waals surface area contributed by atoms with Gasteiger partial charge in [0.05, 0.1) is 15.8 Å². The minimum absolute atomic E-state index is 0.0916. The third-order valence-electron chi connectivity index (χ3n) is 6.07. The van der Waals surface area contributed by atoms with E-state index in [2.05, 4.69) is 51.2 Å². The molecule has 0 spiro atoms. The van der Waals surface area contributed by atoms with Crippen LogP contribution in [0.3, 0.4) is 0 Å². The lowest BCUT2D eigenvalue weighted by Crippen LogP contribution is -2.51. The van der Waals surface area contributed by atoms with Gasteiger partial charge in [-0.1, -0.05) is 103 Å². The maximum atomic E-state index is 13.8. The van der Waals surface area contributed by atoms with Gasteiger partial charge in [0.25, 0.3) is 0 Å². The monoisotopic (exact) mass is 570 g/mol. The van der Waals surface area contributed by atoms with Crippen LogP contribution in [-0.4, -0.2) is 35.1 Å². The molecule has 3 rings (SSSR count). The summed E-state index contributed by atoms with van der Waals surface area (Å²) in [4.78, 5) is 29.0. The number of aryl methyl sites for hydroxylation is 2. The molecule has 3 aromatic rings. The zero-order chi connectivity index (χ0) is 27.7. The number of thioether (sulfide) groups is 1. The molecule has 0 aromatic heterocycles. The summed E-state index contributed by atoms with van der Waals surface area (Å²) >= 11 is 14.0. The van der Waals surface area contributed by atoms with Gasteiger partial charge in [0.15, 0.2) is 0 Å². The second-order valence-corrected chi connectivity index (χ2v) is 11.9. The molecule has 38 heavy (non-hydrogen) atoms. The van der Waals surface area contributed by atoms with Crippen molar-refractivity contribution in [2.75, 3.05) is 12.3 Å². The van der Waals surface area contributed by atoms with Crippen LogP contribution in [0.25, 0.3) is 0 Å². The van der Waals surface area contributed by atoms with Crippen LogP contribution in [0.2, 0.25) is 10.0 Å². The van der Waals surface area contributed by atoms with Crippen LogP contribution < -0.4 is 5.32 Å². The van der Waals surface area contributed by atoms with Crippen LogP contribution >= 0.6 is 35.0 Å². The Kier molecular flexibility index (Phi) is 11.6. The van der Waals surface area contributed by atoms with Crippen molar-refractivity contribution in [2.24, 2.45) is 5.92 Å². The SMILES string of the molecule is Cc1cc(C)cc(CSCC(=O)N(Cc2ccc(Cl)c(Cl)c2)C(Cc2ccccc2)C(=O)NCC(C)C)c1. The molecule has 0 aliphatic carbocycles. The Morgan fingerprint density at radius 1 is 0.868 bits per heavy atom. The van der Waals surface area contributed by atoms with E-state index in [0.717, 1.165) is 16.9 Å². The molecular weight excluding hydrogens is 535 g/mol. The molecule has 0 heterocycles. The molecule has 0 fully saturated rings. The maximum Gasteiger partial charge on any atom is 0.243 e. The van der Waals surface area contributed by atoms with Gasteiger partial charge >= 0.3 is 0 Å². The quantitative estimate of drug-likeness (QED) is 0.249. The second kappa shape index (κ2) is 14.6. The first kappa shape index (κ1) is 30.1.